The number of carbonyl (C=O) groups excluding carboxylic acids is 7. The summed E-state index contributed by atoms with van der Waals surface area (Å²) < 4.78 is 5.54. The molecule has 4 heterocycles. The Kier molecular flexibility index (Phi) is 15.4. The zero-order chi connectivity index (χ0) is 39.2. The molecule has 5 unspecified atom stereocenters. The van der Waals surface area contributed by atoms with Gasteiger partial charge in [-0.05, 0) is 77.8 Å². The number of rotatable bonds is 3. The summed E-state index contributed by atoms with van der Waals surface area (Å²) in [6.07, 6.45) is 3.88. The second kappa shape index (κ2) is 20.1. The Bertz CT molecular complexity index is 1630. The van der Waals surface area contributed by atoms with Crippen LogP contribution in [0.3, 0.4) is 0 Å². The molecule has 0 bridgehead atoms. The molecule has 2 aromatic rings. The summed E-state index contributed by atoms with van der Waals surface area (Å²) in [5.74, 6) is -2.25. The molecule has 5 atom stereocenters. The number of aryl methyl sites for hydroxylation is 1. The molecule has 54 heavy (non-hydrogen) atoms. The molecule has 0 aliphatic carbocycles. The Morgan fingerprint density at radius 3 is 1.96 bits per heavy atom. The maximum atomic E-state index is 13.5. The van der Waals surface area contributed by atoms with Gasteiger partial charge >= 0.3 is 12.0 Å². The molecule has 7 amide bonds. The molecule has 4 fully saturated rings. The van der Waals surface area contributed by atoms with Crippen LogP contribution in [0.15, 0.2) is 60.7 Å². The third kappa shape index (κ3) is 11.8. The number of ether oxygens (including phenoxy) is 1. The maximum Gasteiger partial charge on any atom is 0.329 e. The van der Waals surface area contributed by atoms with Gasteiger partial charge < -0.3 is 41.1 Å². The third-order valence-electron chi connectivity index (χ3n) is 9.66. The zero-order valence-electron chi connectivity index (χ0n) is 31.3. The van der Waals surface area contributed by atoms with Gasteiger partial charge in [-0.25, -0.2) is 9.59 Å². The van der Waals surface area contributed by atoms with Gasteiger partial charge in [-0.1, -0.05) is 54.1 Å². The van der Waals surface area contributed by atoms with Crippen molar-refractivity contribution in [3.05, 3.63) is 66.2 Å². The predicted octanol–water partition coefficient (Wildman–Crippen LogP) is 2.48. The number of fused-ring (bicyclic) bond motifs is 3. The highest BCUT2D eigenvalue weighted by molar-refractivity contribution is 5.96. The number of primary amides is 1. The predicted molar refractivity (Wildman–Crippen MR) is 200 cm³/mol. The highest BCUT2D eigenvalue weighted by Gasteiger charge is 2.43. The summed E-state index contributed by atoms with van der Waals surface area (Å²) in [7, 11) is 0. The molecule has 0 saturated carbocycles. The first-order chi connectivity index (χ1) is 25.8. The van der Waals surface area contributed by atoms with Crippen LogP contribution in [0.5, 0.6) is 0 Å². The number of nitrogens with zero attached hydrogens (tertiary/aromatic N) is 3. The molecule has 0 radical (unpaired) electrons. The summed E-state index contributed by atoms with van der Waals surface area (Å²) in [6.45, 7) is 6.53. The number of urea groups is 1. The van der Waals surface area contributed by atoms with Gasteiger partial charge in [0, 0.05) is 25.3 Å². The van der Waals surface area contributed by atoms with Crippen LogP contribution in [0.2, 0.25) is 0 Å². The Balaban J connectivity index is 0.000000252. The normalized spacial score (nSPS) is 24.6. The lowest BCUT2D eigenvalue weighted by Crippen LogP contribution is -2.59. The number of nitrogens with one attached hydrogen (secondary N) is 3. The Morgan fingerprint density at radius 1 is 0.759 bits per heavy atom. The number of carbonyl (C=O) groups is 7. The molecule has 15 nitrogen and oxygen atoms in total. The van der Waals surface area contributed by atoms with Crippen LogP contribution in [0.4, 0.5) is 10.5 Å². The highest BCUT2D eigenvalue weighted by Crippen LogP contribution is 2.27. The molecular weight excluding hydrogens is 694 g/mol. The van der Waals surface area contributed by atoms with E-state index in [1.54, 1.807) is 47.9 Å². The van der Waals surface area contributed by atoms with Crippen molar-refractivity contribution in [3.8, 4) is 0 Å². The average molecular weight is 748 g/mol. The van der Waals surface area contributed by atoms with Crippen LogP contribution < -0.4 is 21.7 Å². The van der Waals surface area contributed by atoms with Crippen molar-refractivity contribution in [2.75, 3.05) is 31.5 Å². The lowest BCUT2D eigenvalue weighted by molar-refractivity contribution is -0.160. The average Bonchev–Trinajstić information content (AvgIpc) is 3.86. The highest BCUT2D eigenvalue weighted by atomic mass is 16.5. The van der Waals surface area contributed by atoms with Crippen LogP contribution in [0, 0.1) is 6.92 Å². The smallest absolute Gasteiger partial charge is 0.329 e. The van der Waals surface area contributed by atoms with Crippen LogP contribution >= 0.6 is 0 Å². The van der Waals surface area contributed by atoms with Crippen molar-refractivity contribution in [3.63, 3.8) is 0 Å². The molecule has 0 spiro atoms. The Hall–Kier alpha value is -5.47. The monoisotopic (exact) mass is 747 g/mol. The summed E-state index contributed by atoms with van der Waals surface area (Å²) in [4.78, 5) is 91.6. The van der Waals surface area contributed by atoms with Crippen LogP contribution in [-0.2, 0) is 33.5 Å². The van der Waals surface area contributed by atoms with E-state index in [4.69, 9.17) is 10.5 Å². The van der Waals surface area contributed by atoms with E-state index < -0.39 is 48.2 Å². The lowest BCUT2D eigenvalue weighted by Gasteiger charge is -2.38. The minimum atomic E-state index is -0.820. The van der Waals surface area contributed by atoms with Crippen LogP contribution in [0.25, 0.3) is 0 Å². The largest absolute Gasteiger partial charge is 0.461 e. The van der Waals surface area contributed by atoms with E-state index >= 15 is 0 Å². The molecule has 15 heteroatoms. The van der Waals surface area contributed by atoms with Crippen molar-refractivity contribution >= 4 is 47.2 Å². The van der Waals surface area contributed by atoms with Crippen molar-refractivity contribution in [2.45, 2.75) is 102 Å². The van der Waals surface area contributed by atoms with E-state index in [1.807, 2.05) is 24.3 Å². The molecule has 4 aliphatic rings. The van der Waals surface area contributed by atoms with Gasteiger partial charge in [0.1, 0.15) is 30.3 Å². The topological polar surface area (TPSA) is 201 Å². The molecule has 2 aromatic carbocycles. The summed E-state index contributed by atoms with van der Waals surface area (Å²) >= 11 is 0. The number of hydrogen-bond donors (Lipinski definition) is 4. The minimum Gasteiger partial charge on any atom is -0.461 e. The van der Waals surface area contributed by atoms with Crippen LogP contribution in [-0.4, -0.2) is 113 Å². The molecular formula is C39H53N7O8. The maximum absolute atomic E-state index is 13.5. The van der Waals surface area contributed by atoms with Gasteiger partial charge in [0.05, 0.1) is 13.0 Å². The van der Waals surface area contributed by atoms with E-state index in [2.05, 4.69) is 35.0 Å². The van der Waals surface area contributed by atoms with Crippen molar-refractivity contribution < 1.29 is 38.3 Å². The van der Waals surface area contributed by atoms with Crippen molar-refractivity contribution in [1.29, 1.82) is 0 Å². The van der Waals surface area contributed by atoms with Gasteiger partial charge in [0.15, 0.2) is 0 Å². The Labute approximate surface area is 316 Å². The van der Waals surface area contributed by atoms with Crippen molar-refractivity contribution in [2.24, 2.45) is 5.73 Å². The standard InChI is InChI=1S/C23H34N4O6.C9H11N3O2.C7H8/c1-14-13-19(28)25-11-5-8-17(25)22(31)26-10-4-3-7-16(26)20(29)24-15(2)21(30)27-12-6-9-18(27)23(32)33-14;10-8(13)6-11-9(14)12-7-4-2-1-3-5-7;1-7-5-3-2-4-6-7/h14-18H,3-13H2,1-2H3,(H,24,29);1-5H,6H2,(H2,10,13)(H2,11,12,14);2-6H,1H3. The quantitative estimate of drug-likeness (QED) is 0.343. The number of benzene rings is 2. The van der Waals surface area contributed by atoms with Gasteiger partial charge in [-0.15, -0.1) is 0 Å². The van der Waals surface area contributed by atoms with E-state index in [0.717, 1.165) is 12.8 Å². The first-order valence-electron chi connectivity index (χ1n) is 18.7. The Morgan fingerprint density at radius 2 is 1.33 bits per heavy atom. The first kappa shape index (κ1) is 41.3. The SMILES string of the molecule is CC1CC(=O)N2CCCC2C(=O)N2CCCCC2C(=O)NC(C)C(=O)N2CCCC2C(=O)O1.Cc1ccccc1.NC(=O)CNC(=O)Nc1ccccc1. The second-order valence-electron chi connectivity index (χ2n) is 14.0. The van der Waals surface area contributed by atoms with Crippen molar-refractivity contribution in [1.82, 2.24) is 25.3 Å². The number of esters is 1. The number of cyclic esters (lactones) is 1. The zero-order valence-corrected chi connectivity index (χ0v) is 31.3. The number of anilines is 1. The van der Waals surface area contributed by atoms with Crippen LogP contribution in [0.1, 0.15) is 70.8 Å². The lowest BCUT2D eigenvalue weighted by atomic mass is 9.99. The van der Waals surface area contributed by atoms with Gasteiger partial charge in [-0.2, -0.15) is 0 Å². The number of para-hydroxylation sites is 1. The van der Waals surface area contributed by atoms with E-state index in [0.29, 0.717) is 57.4 Å². The fourth-order valence-electron chi connectivity index (χ4n) is 6.96. The van der Waals surface area contributed by atoms with Gasteiger partial charge in [0.25, 0.3) is 0 Å². The third-order valence-corrected chi connectivity index (χ3v) is 9.66. The fourth-order valence-corrected chi connectivity index (χ4v) is 6.96. The molecule has 0 aromatic heterocycles. The molecule has 6 rings (SSSR count). The van der Waals surface area contributed by atoms with E-state index in [9.17, 15) is 33.6 Å². The van der Waals surface area contributed by atoms with Gasteiger partial charge in [-0.3, -0.25) is 24.0 Å². The van der Waals surface area contributed by atoms with Gasteiger partial charge in [0.2, 0.25) is 29.5 Å². The molecule has 4 aliphatic heterocycles. The number of piperidine rings is 1. The second-order valence-corrected chi connectivity index (χ2v) is 14.0. The fraction of sp³-hybridized carbons (Fsp3) is 0.513. The minimum absolute atomic E-state index is 0.0174. The molecule has 4 saturated heterocycles. The van der Waals surface area contributed by atoms with E-state index in [1.165, 1.54) is 10.5 Å². The molecule has 292 valence electrons. The number of nitrogens with two attached hydrogens (primary N) is 1. The summed E-state index contributed by atoms with van der Waals surface area (Å²) in [6, 6.07) is 15.9. The van der Waals surface area contributed by atoms with E-state index in [-0.39, 0.29) is 36.6 Å². The molecule has 5 N–H and O–H groups in total. The first-order valence-corrected chi connectivity index (χ1v) is 18.7. The number of amides is 7. The number of hydrogen-bond acceptors (Lipinski definition) is 8. The summed E-state index contributed by atoms with van der Waals surface area (Å²) in [5.41, 5.74) is 6.84. The summed E-state index contributed by atoms with van der Waals surface area (Å²) in [5, 5.41) is 7.62.